The Bertz CT molecular complexity index is 574. The minimum atomic E-state index is 0.509. The number of methoxy groups -OCH3 is 1. The van der Waals surface area contributed by atoms with Gasteiger partial charge in [0.25, 0.3) is 0 Å². The molecule has 2 aromatic carbocycles. The molecule has 5 heteroatoms. The molecule has 0 bridgehead atoms. The summed E-state index contributed by atoms with van der Waals surface area (Å²) < 4.78 is 22.4. The Morgan fingerprint density at radius 2 is 1.50 bits per heavy atom. The van der Waals surface area contributed by atoms with Crippen LogP contribution in [0.25, 0.3) is 10.8 Å². The molecule has 2 rings (SSSR count). The Labute approximate surface area is 139 Å². The largest absolute Gasteiger partial charge is 0.490 e. The summed E-state index contributed by atoms with van der Waals surface area (Å²) in [7, 11) is 1.65. The third-order valence-corrected chi connectivity index (χ3v) is 3.93. The minimum absolute atomic E-state index is 0.509. The van der Waals surface area contributed by atoms with Crippen LogP contribution in [0.2, 0.25) is 0 Å². The third-order valence-electron chi connectivity index (χ3n) is 3.12. The normalized spacial score (nSPS) is 11.0. The van der Waals surface area contributed by atoms with Gasteiger partial charge < -0.3 is 18.9 Å². The molecular formula is C17H21BrO4. The van der Waals surface area contributed by atoms with Crippen molar-refractivity contribution in [2.24, 2.45) is 0 Å². The van der Waals surface area contributed by atoms with Crippen molar-refractivity contribution in [3.63, 3.8) is 0 Å². The van der Waals surface area contributed by atoms with E-state index in [0.29, 0.717) is 39.6 Å². The highest BCUT2D eigenvalue weighted by molar-refractivity contribution is 9.10. The van der Waals surface area contributed by atoms with E-state index in [4.69, 9.17) is 18.9 Å². The van der Waals surface area contributed by atoms with Gasteiger partial charge in [-0.15, -0.1) is 0 Å². The van der Waals surface area contributed by atoms with Crippen LogP contribution in [0.4, 0.5) is 0 Å². The van der Waals surface area contributed by atoms with Gasteiger partial charge in [0, 0.05) is 7.11 Å². The van der Waals surface area contributed by atoms with Gasteiger partial charge in [0.05, 0.1) is 37.5 Å². The second-order valence-corrected chi connectivity index (χ2v) is 5.46. The molecule has 0 heterocycles. The molecule has 0 atom stereocenters. The summed E-state index contributed by atoms with van der Waals surface area (Å²) in [6, 6.07) is 12.2. The maximum absolute atomic E-state index is 5.76. The molecule has 0 aliphatic heterocycles. The number of fused-ring (bicyclic) bond motifs is 1. The van der Waals surface area contributed by atoms with Crippen LogP contribution in [0.1, 0.15) is 0 Å². The molecule has 0 aromatic heterocycles. The first-order valence-electron chi connectivity index (χ1n) is 7.27. The number of rotatable bonds is 10. The van der Waals surface area contributed by atoms with E-state index in [-0.39, 0.29) is 0 Å². The maximum atomic E-state index is 5.76. The smallest absolute Gasteiger partial charge is 0.134 e. The summed E-state index contributed by atoms with van der Waals surface area (Å²) in [4.78, 5) is 0. The Morgan fingerprint density at radius 3 is 2.27 bits per heavy atom. The average molecular weight is 369 g/mol. The van der Waals surface area contributed by atoms with Crippen molar-refractivity contribution in [2.45, 2.75) is 0 Å². The second-order valence-electron chi connectivity index (χ2n) is 4.66. The zero-order chi connectivity index (χ0) is 15.6. The highest BCUT2D eigenvalue weighted by Gasteiger charge is 2.05. The van der Waals surface area contributed by atoms with Crippen LogP contribution in [0.3, 0.4) is 0 Å². The van der Waals surface area contributed by atoms with Gasteiger partial charge in [-0.3, -0.25) is 0 Å². The van der Waals surface area contributed by atoms with Gasteiger partial charge in [-0.25, -0.2) is 0 Å². The number of halogens is 1. The fraction of sp³-hybridized carbons (Fsp3) is 0.412. The van der Waals surface area contributed by atoms with Gasteiger partial charge in [-0.05, 0) is 32.8 Å². The van der Waals surface area contributed by atoms with E-state index in [1.165, 1.54) is 5.39 Å². The SMILES string of the molecule is COCCOCCOCCOc1ccc2ccccc2c1Br. The molecule has 0 N–H and O–H groups in total. The minimum Gasteiger partial charge on any atom is -0.490 e. The monoisotopic (exact) mass is 368 g/mol. The Morgan fingerprint density at radius 1 is 0.818 bits per heavy atom. The van der Waals surface area contributed by atoms with Crippen molar-refractivity contribution >= 4 is 26.7 Å². The summed E-state index contributed by atoms with van der Waals surface area (Å²) in [5, 5.41) is 2.33. The molecule has 0 spiro atoms. The number of hydrogen-bond acceptors (Lipinski definition) is 4. The van der Waals surface area contributed by atoms with Crippen LogP contribution in [0.5, 0.6) is 5.75 Å². The van der Waals surface area contributed by atoms with Gasteiger partial charge >= 0.3 is 0 Å². The van der Waals surface area contributed by atoms with Crippen LogP contribution >= 0.6 is 15.9 Å². The van der Waals surface area contributed by atoms with E-state index >= 15 is 0 Å². The van der Waals surface area contributed by atoms with Gasteiger partial charge in [0.15, 0.2) is 0 Å². The lowest BCUT2D eigenvalue weighted by atomic mass is 10.1. The van der Waals surface area contributed by atoms with Crippen LogP contribution < -0.4 is 4.74 Å². The van der Waals surface area contributed by atoms with Crippen LogP contribution in [-0.4, -0.2) is 46.8 Å². The third kappa shape index (κ3) is 5.25. The Hall–Kier alpha value is -1.14. The lowest BCUT2D eigenvalue weighted by molar-refractivity contribution is 0.0179. The molecule has 0 saturated heterocycles. The maximum Gasteiger partial charge on any atom is 0.134 e. The topological polar surface area (TPSA) is 36.9 Å². The summed E-state index contributed by atoms with van der Waals surface area (Å²) in [6.07, 6.45) is 0. The van der Waals surface area contributed by atoms with Gasteiger partial charge in [-0.2, -0.15) is 0 Å². The van der Waals surface area contributed by atoms with E-state index in [9.17, 15) is 0 Å². The van der Waals surface area contributed by atoms with E-state index in [0.717, 1.165) is 15.6 Å². The van der Waals surface area contributed by atoms with Crippen LogP contribution in [0.15, 0.2) is 40.9 Å². The van der Waals surface area contributed by atoms with Crippen molar-refractivity contribution in [1.82, 2.24) is 0 Å². The molecule has 0 fully saturated rings. The Kier molecular flexibility index (Phi) is 7.66. The second kappa shape index (κ2) is 9.79. The van der Waals surface area contributed by atoms with E-state index in [1.54, 1.807) is 7.11 Å². The molecule has 0 amide bonds. The molecule has 2 aromatic rings. The standard InChI is InChI=1S/C17H21BrO4/c1-19-8-9-20-10-11-21-12-13-22-16-7-6-14-4-2-3-5-15(14)17(16)18/h2-7H,8-13H2,1H3. The lowest BCUT2D eigenvalue weighted by Crippen LogP contribution is -2.12. The molecule has 0 saturated carbocycles. The fourth-order valence-corrected chi connectivity index (χ4v) is 2.61. The average Bonchev–Trinajstić information content (AvgIpc) is 2.55. The van der Waals surface area contributed by atoms with E-state index in [2.05, 4.69) is 34.1 Å². The van der Waals surface area contributed by atoms with Crippen molar-refractivity contribution < 1.29 is 18.9 Å². The molecule has 0 aliphatic rings. The first-order valence-corrected chi connectivity index (χ1v) is 8.06. The van der Waals surface area contributed by atoms with Gasteiger partial charge in [-0.1, -0.05) is 30.3 Å². The predicted molar refractivity (Wildman–Crippen MR) is 90.7 cm³/mol. The first kappa shape index (κ1) is 17.2. The summed E-state index contributed by atoms with van der Waals surface area (Å²) in [6.45, 7) is 3.39. The van der Waals surface area contributed by atoms with Crippen molar-refractivity contribution in [3.8, 4) is 5.75 Å². The number of hydrogen-bond donors (Lipinski definition) is 0. The molecular weight excluding hydrogens is 348 g/mol. The lowest BCUT2D eigenvalue weighted by Gasteiger charge is -2.11. The number of ether oxygens (including phenoxy) is 4. The fourth-order valence-electron chi connectivity index (χ4n) is 2.00. The van der Waals surface area contributed by atoms with Crippen LogP contribution in [-0.2, 0) is 14.2 Å². The van der Waals surface area contributed by atoms with Gasteiger partial charge in [0.1, 0.15) is 12.4 Å². The first-order chi connectivity index (χ1) is 10.8. The molecule has 22 heavy (non-hydrogen) atoms. The predicted octanol–water partition coefficient (Wildman–Crippen LogP) is 3.66. The number of benzene rings is 2. The van der Waals surface area contributed by atoms with E-state index < -0.39 is 0 Å². The highest BCUT2D eigenvalue weighted by Crippen LogP contribution is 2.32. The van der Waals surface area contributed by atoms with Gasteiger partial charge in [0.2, 0.25) is 0 Å². The van der Waals surface area contributed by atoms with Crippen LogP contribution in [0, 0.1) is 0 Å². The molecule has 0 aliphatic carbocycles. The van der Waals surface area contributed by atoms with Crippen molar-refractivity contribution in [2.75, 3.05) is 46.8 Å². The summed E-state index contributed by atoms with van der Waals surface area (Å²) in [5.41, 5.74) is 0. The molecule has 4 nitrogen and oxygen atoms in total. The van der Waals surface area contributed by atoms with Crippen molar-refractivity contribution in [1.29, 1.82) is 0 Å². The molecule has 0 unspecified atom stereocenters. The molecule has 0 radical (unpaired) electrons. The Balaban J connectivity index is 1.68. The zero-order valence-electron chi connectivity index (χ0n) is 12.7. The zero-order valence-corrected chi connectivity index (χ0v) is 14.3. The highest BCUT2D eigenvalue weighted by atomic mass is 79.9. The quantitative estimate of drug-likeness (QED) is 0.599. The molecule has 120 valence electrons. The van der Waals surface area contributed by atoms with E-state index in [1.807, 2.05) is 18.2 Å². The van der Waals surface area contributed by atoms with Crippen molar-refractivity contribution in [3.05, 3.63) is 40.9 Å². The summed E-state index contributed by atoms with van der Waals surface area (Å²) in [5.74, 6) is 0.832. The summed E-state index contributed by atoms with van der Waals surface area (Å²) >= 11 is 3.60.